The summed E-state index contributed by atoms with van der Waals surface area (Å²) in [6, 6.07) is 9.27. The number of hydrogen-bond acceptors (Lipinski definition) is 1. The molecule has 0 atom stereocenters. The third-order valence-corrected chi connectivity index (χ3v) is 1.56. The molecule has 1 nitrogen and oxygen atoms in total. The SMILES string of the molecule is [B]C([B])(OC)c1ccccc1. The molecule has 1 rings (SSSR count). The monoisotopic (exact) mass is 142 g/mol. The van der Waals surface area contributed by atoms with E-state index in [-0.39, 0.29) is 0 Å². The first kappa shape index (κ1) is 8.41. The molecule has 52 valence electrons. The molecule has 0 N–H and O–H groups in total. The van der Waals surface area contributed by atoms with E-state index in [1.54, 1.807) is 0 Å². The van der Waals surface area contributed by atoms with Gasteiger partial charge in [0.2, 0.25) is 0 Å². The van der Waals surface area contributed by atoms with Crippen LogP contribution in [0.4, 0.5) is 0 Å². The molecule has 4 radical (unpaired) electrons. The number of methoxy groups -OCH3 is 1. The van der Waals surface area contributed by atoms with Crippen LogP contribution in [-0.2, 0) is 10.1 Å². The summed E-state index contributed by atoms with van der Waals surface area (Å²) >= 11 is 0. The van der Waals surface area contributed by atoms with Crippen LogP contribution in [0, 0.1) is 0 Å². The molecule has 0 saturated carbocycles. The van der Waals surface area contributed by atoms with Gasteiger partial charge in [0.25, 0.3) is 0 Å². The van der Waals surface area contributed by atoms with Crippen LogP contribution < -0.4 is 0 Å². The van der Waals surface area contributed by atoms with E-state index in [0.29, 0.717) is 0 Å². The lowest BCUT2D eigenvalue weighted by atomic mass is 9.61. The van der Waals surface area contributed by atoms with Gasteiger partial charge in [-0.05, 0) is 5.56 Å². The summed E-state index contributed by atoms with van der Waals surface area (Å²) < 4.78 is 4.88. The average Bonchev–Trinajstić information content (AvgIpc) is 2.06. The minimum Gasteiger partial charge on any atom is -0.393 e. The van der Waals surface area contributed by atoms with Crippen molar-refractivity contribution in [1.82, 2.24) is 0 Å². The van der Waals surface area contributed by atoms with Crippen molar-refractivity contribution in [3.8, 4) is 0 Å². The van der Waals surface area contributed by atoms with Gasteiger partial charge in [0.1, 0.15) is 15.7 Å². The minimum atomic E-state index is -1.17. The standard InChI is InChI=1S/C8H8B2O/c1-11-8(9,10)7-5-3-2-4-6-7/h2-6H,1H3. The van der Waals surface area contributed by atoms with Gasteiger partial charge >= 0.3 is 0 Å². The number of benzene rings is 1. The summed E-state index contributed by atoms with van der Waals surface area (Å²) in [7, 11) is 12.7. The highest BCUT2D eigenvalue weighted by Gasteiger charge is 2.16. The van der Waals surface area contributed by atoms with Crippen molar-refractivity contribution in [2.45, 2.75) is 5.40 Å². The smallest absolute Gasteiger partial charge is 0.106 e. The Bertz CT molecular complexity index is 221. The van der Waals surface area contributed by atoms with E-state index in [9.17, 15) is 0 Å². The first-order valence-electron chi connectivity index (χ1n) is 3.35. The van der Waals surface area contributed by atoms with Crippen molar-refractivity contribution in [3.63, 3.8) is 0 Å². The Labute approximate surface area is 69.6 Å². The van der Waals surface area contributed by atoms with Gasteiger partial charge in [-0.3, -0.25) is 0 Å². The molecule has 1 aromatic rings. The average molecular weight is 142 g/mol. The van der Waals surface area contributed by atoms with Crippen molar-refractivity contribution in [2.24, 2.45) is 0 Å². The largest absolute Gasteiger partial charge is 0.393 e. The molecule has 0 aliphatic carbocycles. The van der Waals surface area contributed by atoms with E-state index in [4.69, 9.17) is 20.4 Å². The molecule has 0 aromatic heterocycles. The molecule has 11 heavy (non-hydrogen) atoms. The minimum absolute atomic E-state index is 0.766. The van der Waals surface area contributed by atoms with Crippen LogP contribution in [-0.4, -0.2) is 22.8 Å². The maximum atomic E-state index is 5.59. The van der Waals surface area contributed by atoms with E-state index in [0.717, 1.165) is 5.56 Å². The number of ether oxygens (including phenoxy) is 1. The summed E-state index contributed by atoms with van der Waals surface area (Å²) in [4.78, 5) is 0. The first-order chi connectivity index (χ1) is 5.17. The topological polar surface area (TPSA) is 9.23 Å². The Morgan fingerprint density at radius 1 is 1.18 bits per heavy atom. The fourth-order valence-corrected chi connectivity index (χ4v) is 0.816. The van der Waals surface area contributed by atoms with Crippen molar-refractivity contribution in [1.29, 1.82) is 0 Å². The molecule has 1 aromatic carbocycles. The summed E-state index contributed by atoms with van der Waals surface area (Å²) in [6.45, 7) is 0. The van der Waals surface area contributed by atoms with Crippen molar-refractivity contribution >= 4 is 15.7 Å². The van der Waals surface area contributed by atoms with Gasteiger partial charge in [0.05, 0.1) is 0 Å². The van der Waals surface area contributed by atoms with Gasteiger partial charge in [-0.2, -0.15) is 0 Å². The normalized spacial score (nSPS) is 11.4. The second-order valence-corrected chi connectivity index (χ2v) is 2.36. The van der Waals surface area contributed by atoms with Crippen LogP contribution in [0.1, 0.15) is 5.56 Å². The van der Waals surface area contributed by atoms with Gasteiger partial charge in [-0.15, -0.1) is 0 Å². The summed E-state index contributed by atoms with van der Waals surface area (Å²) in [5, 5.41) is -1.17. The Balaban J connectivity index is 2.93. The second-order valence-electron chi connectivity index (χ2n) is 2.36. The fraction of sp³-hybridized carbons (Fsp3) is 0.250. The highest BCUT2D eigenvalue weighted by Crippen LogP contribution is 2.15. The van der Waals surface area contributed by atoms with Crippen LogP contribution in [0.15, 0.2) is 30.3 Å². The Morgan fingerprint density at radius 2 is 1.73 bits per heavy atom. The summed E-state index contributed by atoms with van der Waals surface area (Å²) in [5.74, 6) is 0. The molecule has 0 bridgehead atoms. The van der Waals surface area contributed by atoms with Crippen LogP contribution >= 0.6 is 0 Å². The van der Waals surface area contributed by atoms with E-state index in [2.05, 4.69) is 0 Å². The Morgan fingerprint density at radius 3 is 2.18 bits per heavy atom. The molecule has 0 spiro atoms. The van der Waals surface area contributed by atoms with Crippen LogP contribution in [0.5, 0.6) is 0 Å². The van der Waals surface area contributed by atoms with Crippen LogP contribution in [0.2, 0.25) is 0 Å². The van der Waals surface area contributed by atoms with Gasteiger partial charge in [-0.25, -0.2) is 0 Å². The third-order valence-electron chi connectivity index (χ3n) is 1.56. The molecule has 0 aliphatic rings. The van der Waals surface area contributed by atoms with Gasteiger partial charge in [-0.1, -0.05) is 30.3 Å². The van der Waals surface area contributed by atoms with Crippen LogP contribution in [0.3, 0.4) is 0 Å². The van der Waals surface area contributed by atoms with E-state index in [1.165, 1.54) is 7.11 Å². The van der Waals surface area contributed by atoms with E-state index < -0.39 is 5.40 Å². The molecule has 0 heterocycles. The maximum Gasteiger partial charge on any atom is 0.106 e. The Hall–Kier alpha value is -0.690. The molecule has 0 saturated heterocycles. The maximum absolute atomic E-state index is 5.59. The lowest BCUT2D eigenvalue weighted by molar-refractivity contribution is 0.132. The second kappa shape index (κ2) is 3.14. The lowest BCUT2D eigenvalue weighted by Gasteiger charge is -2.24. The molecular weight excluding hydrogens is 134 g/mol. The van der Waals surface area contributed by atoms with Crippen molar-refractivity contribution in [2.75, 3.05) is 7.11 Å². The highest BCUT2D eigenvalue weighted by atomic mass is 16.5. The molecule has 3 heteroatoms. The summed E-state index contributed by atoms with van der Waals surface area (Å²) in [6.07, 6.45) is 0. The van der Waals surface area contributed by atoms with E-state index >= 15 is 0 Å². The number of rotatable bonds is 2. The van der Waals surface area contributed by atoms with Crippen molar-refractivity contribution in [3.05, 3.63) is 35.9 Å². The van der Waals surface area contributed by atoms with Gasteiger partial charge < -0.3 is 4.74 Å². The molecule has 0 amide bonds. The molecule has 0 aliphatic heterocycles. The predicted molar refractivity (Wildman–Crippen MR) is 46.6 cm³/mol. The van der Waals surface area contributed by atoms with Crippen molar-refractivity contribution < 1.29 is 4.74 Å². The molecular formula is C8H8B2O. The quantitative estimate of drug-likeness (QED) is 0.554. The van der Waals surface area contributed by atoms with Crippen LogP contribution in [0.25, 0.3) is 0 Å². The molecule has 0 fully saturated rings. The summed E-state index contributed by atoms with van der Waals surface area (Å²) in [5.41, 5.74) is 0.766. The highest BCUT2D eigenvalue weighted by molar-refractivity contribution is 6.38. The Kier molecular flexibility index (Phi) is 2.40. The zero-order valence-electron chi connectivity index (χ0n) is 6.45. The van der Waals surface area contributed by atoms with Gasteiger partial charge in [0.15, 0.2) is 0 Å². The predicted octanol–water partition coefficient (Wildman–Crippen LogP) is 0.780. The fourth-order valence-electron chi connectivity index (χ4n) is 0.816. The van der Waals surface area contributed by atoms with E-state index in [1.807, 2.05) is 30.3 Å². The number of hydrogen-bond donors (Lipinski definition) is 0. The zero-order valence-corrected chi connectivity index (χ0v) is 6.45. The zero-order chi connectivity index (χ0) is 8.32. The molecule has 0 unspecified atom stereocenters. The lowest BCUT2D eigenvalue weighted by Crippen LogP contribution is -2.28. The first-order valence-corrected chi connectivity index (χ1v) is 3.35. The van der Waals surface area contributed by atoms with Gasteiger partial charge in [0, 0.05) is 12.5 Å². The third kappa shape index (κ3) is 1.87.